The number of carbonyl (C=O) groups is 2. The fourth-order valence-electron chi connectivity index (χ4n) is 2.30. The maximum Gasteiger partial charge on any atom is 0.252 e. The van der Waals surface area contributed by atoms with Gasteiger partial charge in [0, 0.05) is 16.7 Å². The molecular weight excluding hydrogens is 431 g/mol. The monoisotopic (exact) mass is 452 g/mol. The third-order valence-electron chi connectivity index (χ3n) is 3.65. The molecule has 0 atom stereocenters. The van der Waals surface area contributed by atoms with Crippen LogP contribution < -0.4 is 15.5 Å². The highest BCUT2D eigenvalue weighted by atomic mass is 127. The van der Waals surface area contributed by atoms with Crippen LogP contribution in [0.1, 0.15) is 24.2 Å². The van der Waals surface area contributed by atoms with E-state index in [-0.39, 0.29) is 18.4 Å². The second kappa shape index (κ2) is 9.36. The molecule has 0 bridgehead atoms. The second-order valence-electron chi connectivity index (χ2n) is 5.29. The molecule has 0 aliphatic heterocycles. The quantitative estimate of drug-likeness (QED) is 0.634. The maximum absolute atomic E-state index is 12.1. The van der Waals surface area contributed by atoms with Crippen LogP contribution in [0.25, 0.3) is 0 Å². The Balaban J connectivity index is 1.88. The summed E-state index contributed by atoms with van der Waals surface area (Å²) in [5.74, 6) is 0.307. The first-order chi connectivity index (χ1) is 12.0. The van der Waals surface area contributed by atoms with Gasteiger partial charge in [0.15, 0.2) is 0 Å². The van der Waals surface area contributed by atoms with Crippen LogP contribution in [-0.4, -0.2) is 36.4 Å². The van der Waals surface area contributed by atoms with Gasteiger partial charge in [-0.05, 0) is 60.7 Å². The number of amides is 2. The van der Waals surface area contributed by atoms with E-state index >= 15 is 0 Å². The molecule has 0 unspecified atom stereocenters. The number of rotatable bonds is 7. The number of benzene rings is 1. The third kappa shape index (κ3) is 5.42. The van der Waals surface area contributed by atoms with Crippen LogP contribution in [0.2, 0.25) is 0 Å². The Labute approximate surface area is 161 Å². The van der Waals surface area contributed by atoms with Crippen molar-refractivity contribution in [2.75, 3.05) is 29.9 Å². The van der Waals surface area contributed by atoms with Gasteiger partial charge in [-0.3, -0.25) is 9.59 Å². The lowest BCUT2D eigenvalue weighted by atomic mass is 10.2. The highest BCUT2D eigenvalue weighted by Crippen LogP contribution is 2.14. The number of nitrogens with zero attached hydrogens (tertiary/aromatic N) is 2. The van der Waals surface area contributed by atoms with E-state index in [0.29, 0.717) is 11.3 Å². The van der Waals surface area contributed by atoms with Gasteiger partial charge in [0.1, 0.15) is 5.82 Å². The summed E-state index contributed by atoms with van der Waals surface area (Å²) >= 11 is 2.09. The number of carbonyl (C=O) groups excluding carboxylic acids is 2. The SMILES string of the molecule is CCN(CC)c1ccc(NC(=O)CNC(=O)c2ccccc2I)cn1. The lowest BCUT2D eigenvalue weighted by molar-refractivity contribution is -0.115. The topological polar surface area (TPSA) is 74.3 Å². The van der Waals surface area contributed by atoms with E-state index < -0.39 is 0 Å². The number of anilines is 2. The van der Waals surface area contributed by atoms with Crippen LogP contribution in [0, 0.1) is 3.57 Å². The number of aromatic nitrogens is 1. The van der Waals surface area contributed by atoms with Crippen LogP contribution in [-0.2, 0) is 4.79 Å². The molecule has 2 N–H and O–H groups in total. The molecule has 2 amide bonds. The first kappa shape index (κ1) is 19.2. The fraction of sp³-hybridized carbons (Fsp3) is 0.278. The standard InChI is InChI=1S/C18H21IN4O2/c1-3-23(4-2)16-10-9-13(11-20-16)22-17(24)12-21-18(25)14-7-5-6-8-15(14)19/h5-11H,3-4,12H2,1-2H3,(H,21,25)(H,22,24). The van der Waals surface area contributed by atoms with E-state index in [1.165, 1.54) is 0 Å². The van der Waals surface area contributed by atoms with E-state index in [4.69, 9.17) is 0 Å². The van der Waals surface area contributed by atoms with Crippen LogP contribution in [0.15, 0.2) is 42.6 Å². The van der Waals surface area contributed by atoms with Crippen molar-refractivity contribution in [1.29, 1.82) is 0 Å². The molecule has 0 aliphatic rings. The minimum Gasteiger partial charge on any atom is -0.357 e. The number of pyridine rings is 1. The molecule has 6 nitrogen and oxygen atoms in total. The number of hydrogen-bond acceptors (Lipinski definition) is 4. The largest absolute Gasteiger partial charge is 0.357 e. The second-order valence-corrected chi connectivity index (χ2v) is 6.45. The summed E-state index contributed by atoms with van der Waals surface area (Å²) < 4.78 is 0.842. The Morgan fingerprint density at radius 3 is 2.44 bits per heavy atom. The van der Waals surface area contributed by atoms with E-state index in [9.17, 15) is 9.59 Å². The van der Waals surface area contributed by atoms with Crippen molar-refractivity contribution >= 4 is 45.9 Å². The van der Waals surface area contributed by atoms with Crippen molar-refractivity contribution < 1.29 is 9.59 Å². The Hall–Kier alpha value is -2.16. The predicted molar refractivity (Wildman–Crippen MR) is 108 cm³/mol. The van der Waals surface area contributed by atoms with Gasteiger partial charge >= 0.3 is 0 Å². The Kier molecular flexibility index (Phi) is 7.17. The van der Waals surface area contributed by atoms with Gasteiger partial charge in [-0.25, -0.2) is 4.98 Å². The van der Waals surface area contributed by atoms with E-state index in [1.807, 2.05) is 18.2 Å². The van der Waals surface area contributed by atoms with Crippen molar-refractivity contribution in [3.63, 3.8) is 0 Å². The van der Waals surface area contributed by atoms with Crippen LogP contribution in [0.4, 0.5) is 11.5 Å². The molecule has 0 fully saturated rings. The van der Waals surface area contributed by atoms with Gasteiger partial charge in [-0.1, -0.05) is 12.1 Å². The highest BCUT2D eigenvalue weighted by molar-refractivity contribution is 14.1. The van der Waals surface area contributed by atoms with Crippen LogP contribution in [0.5, 0.6) is 0 Å². The summed E-state index contributed by atoms with van der Waals surface area (Å²) in [5, 5.41) is 5.35. The highest BCUT2D eigenvalue weighted by Gasteiger charge is 2.11. The zero-order valence-corrected chi connectivity index (χ0v) is 16.4. The minimum atomic E-state index is -0.295. The van der Waals surface area contributed by atoms with Crippen molar-refractivity contribution in [2.24, 2.45) is 0 Å². The summed E-state index contributed by atoms with van der Waals surface area (Å²) in [6, 6.07) is 10.9. The zero-order valence-electron chi connectivity index (χ0n) is 14.3. The van der Waals surface area contributed by atoms with E-state index in [0.717, 1.165) is 22.5 Å². The summed E-state index contributed by atoms with van der Waals surface area (Å²) in [6.07, 6.45) is 1.62. The van der Waals surface area contributed by atoms with Gasteiger partial charge in [0.2, 0.25) is 5.91 Å². The third-order valence-corrected chi connectivity index (χ3v) is 4.59. The van der Waals surface area contributed by atoms with Gasteiger partial charge in [-0.15, -0.1) is 0 Å². The van der Waals surface area contributed by atoms with E-state index in [2.05, 4.69) is 57.0 Å². The first-order valence-electron chi connectivity index (χ1n) is 8.08. The smallest absolute Gasteiger partial charge is 0.252 e. The van der Waals surface area contributed by atoms with Gasteiger partial charge in [0.05, 0.1) is 24.0 Å². The fourth-order valence-corrected chi connectivity index (χ4v) is 2.93. The summed E-state index contributed by atoms with van der Waals surface area (Å²) in [5.41, 5.74) is 1.16. The average Bonchev–Trinajstić information content (AvgIpc) is 2.62. The maximum atomic E-state index is 12.1. The molecule has 25 heavy (non-hydrogen) atoms. The Morgan fingerprint density at radius 2 is 1.84 bits per heavy atom. The van der Waals surface area contributed by atoms with Crippen LogP contribution in [0.3, 0.4) is 0 Å². The molecular formula is C18H21IN4O2. The Morgan fingerprint density at radius 1 is 1.12 bits per heavy atom. The zero-order chi connectivity index (χ0) is 18.2. The molecule has 0 spiro atoms. The molecule has 1 aromatic heterocycles. The molecule has 1 aromatic carbocycles. The molecule has 0 radical (unpaired) electrons. The molecule has 132 valence electrons. The molecule has 0 aliphatic carbocycles. The first-order valence-corrected chi connectivity index (χ1v) is 9.16. The summed E-state index contributed by atoms with van der Waals surface area (Å²) in [4.78, 5) is 30.6. The van der Waals surface area contributed by atoms with Crippen molar-refractivity contribution in [1.82, 2.24) is 10.3 Å². The van der Waals surface area contributed by atoms with Crippen molar-refractivity contribution in [2.45, 2.75) is 13.8 Å². The predicted octanol–water partition coefficient (Wildman–Crippen LogP) is 2.90. The summed E-state index contributed by atoms with van der Waals surface area (Å²) in [7, 11) is 0. The molecule has 0 saturated carbocycles. The molecule has 1 heterocycles. The lowest BCUT2D eigenvalue weighted by Gasteiger charge is -2.19. The van der Waals surface area contributed by atoms with Crippen molar-refractivity contribution in [3.05, 3.63) is 51.7 Å². The normalized spacial score (nSPS) is 10.2. The number of nitrogens with one attached hydrogen (secondary N) is 2. The minimum absolute atomic E-state index is 0.0956. The van der Waals surface area contributed by atoms with Gasteiger partial charge in [-0.2, -0.15) is 0 Å². The average molecular weight is 452 g/mol. The summed E-state index contributed by atoms with van der Waals surface area (Å²) in [6.45, 7) is 5.79. The lowest BCUT2D eigenvalue weighted by Crippen LogP contribution is -2.33. The van der Waals surface area contributed by atoms with Crippen LogP contribution >= 0.6 is 22.6 Å². The van der Waals surface area contributed by atoms with Gasteiger partial charge in [0.25, 0.3) is 5.91 Å². The van der Waals surface area contributed by atoms with Crippen molar-refractivity contribution in [3.8, 4) is 0 Å². The molecule has 7 heteroatoms. The Bertz CT molecular complexity index is 730. The van der Waals surface area contributed by atoms with E-state index in [1.54, 1.807) is 24.4 Å². The molecule has 0 saturated heterocycles. The molecule has 2 rings (SSSR count). The van der Waals surface area contributed by atoms with Gasteiger partial charge < -0.3 is 15.5 Å². The number of halogens is 1. The number of hydrogen-bond donors (Lipinski definition) is 2. The molecule has 2 aromatic rings.